The Morgan fingerprint density at radius 1 is 1.43 bits per heavy atom. The number of nitro groups is 1. The highest BCUT2D eigenvalue weighted by molar-refractivity contribution is 5.76. The second-order valence-electron chi connectivity index (χ2n) is 5.52. The number of aryl methyl sites for hydroxylation is 1. The molecule has 0 saturated heterocycles. The van der Waals surface area contributed by atoms with Crippen LogP contribution in [0.4, 0.5) is 10.5 Å². The average Bonchev–Trinajstić information content (AvgIpc) is 2.33. The van der Waals surface area contributed by atoms with Gasteiger partial charge in [-0.25, -0.2) is 4.79 Å². The van der Waals surface area contributed by atoms with Crippen LogP contribution in [0, 0.1) is 17.0 Å². The summed E-state index contributed by atoms with van der Waals surface area (Å²) in [4.78, 5) is 33.4. The molecule has 114 valence electrons. The maximum atomic E-state index is 11.7. The van der Waals surface area contributed by atoms with Crippen molar-refractivity contribution in [3.05, 3.63) is 39.4 Å². The van der Waals surface area contributed by atoms with Gasteiger partial charge in [0.25, 0.3) is 5.69 Å². The number of nitrogens with zero attached hydrogens (tertiary/aromatic N) is 1. The van der Waals surface area contributed by atoms with Crippen molar-refractivity contribution in [3.63, 3.8) is 0 Å². The highest BCUT2D eigenvalue weighted by atomic mass is 16.6. The Morgan fingerprint density at radius 2 is 2.05 bits per heavy atom. The Morgan fingerprint density at radius 3 is 2.52 bits per heavy atom. The summed E-state index contributed by atoms with van der Waals surface area (Å²) < 4.78 is 5.05. The van der Waals surface area contributed by atoms with Crippen molar-refractivity contribution in [2.75, 3.05) is 0 Å². The summed E-state index contributed by atoms with van der Waals surface area (Å²) in [7, 11) is 0. The van der Waals surface area contributed by atoms with Gasteiger partial charge in [0.1, 0.15) is 17.9 Å². The summed E-state index contributed by atoms with van der Waals surface area (Å²) in [5.74, 6) is 0. The maximum absolute atomic E-state index is 11.7. The van der Waals surface area contributed by atoms with E-state index in [0.29, 0.717) is 11.8 Å². The fraction of sp³-hybridized carbons (Fsp3) is 0.429. The van der Waals surface area contributed by atoms with Gasteiger partial charge in [-0.3, -0.25) is 10.1 Å². The molecule has 0 aromatic heterocycles. The van der Waals surface area contributed by atoms with E-state index in [2.05, 4.69) is 5.32 Å². The summed E-state index contributed by atoms with van der Waals surface area (Å²) in [6, 6.07) is 3.30. The Kier molecular flexibility index (Phi) is 5.02. The van der Waals surface area contributed by atoms with E-state index in [9.17, 15) is 19.7 Å². The molecule has 7 nitrogen and oxygen atoms in total. The smallest absolute Gasteiger partial charge is 0.408 e. The summed E-state index contributed by atoms with van der Waals surface area (Å²) in [5.41, 5.74) is -0.251. The van der Waals surface area contributed by atoms with Crippen molar-refractivity contribution in [1.82, 2.24) is 5.32 Å². The summed E-state index contributed by atoms with van der Waals surface area (Å²) in [6.07, 6.45) is -0.364. The SMILES string of the molecule is Cc1cccc([N+](=O)[O-])c1C(C=O)NC(=O)OC(C)(C)C. The normalized spacial score (nSPS) is 12.4. The Hall–Kier alpha value is -2.44. The van der Waals surface area contributed by atoms with E-state index in [-0.39, 0.29) is 11.3 Å². The van der Waals surface area contributed by atoms with Gasteiger partial charge in [-0.1, -0.05) is 12.1 Å². The first kappa shape index (κ1) is 16.6. The molecule has 0 fully saturated rings. The van der Waals surface area contributed by atoms with Crippen molar-refractivity contribution in [2.24, 2.45) is 0 Å². The number of benzene rings is 1. The molecule has 0 aliphatic rings. The van der Waals surface area contributed by atoms with E-state index in [4.69, 9.17) is 4.74 Å². The predicted molar refractivity (Wildman–Crippen MR) is 76.0 cm³/mol. The number of hydrogen-bond acceptors (Lipinski definition) is 5. The van der Waals surface area contributed by atoms with E-state index in [1.165, 1.54) is 12.1 Å². The minimum Gasteiger partial charge on any atom is -0.444 e. The van der Waals surface area contributed by atoms with Gasteiger partial charge in [0.2, 0.25) is 0 Å². The van der Waals surface area contributed by atoms with Gasteiger partial charge >= 0.3 is 6.09 Å². The van der Waals surface area contributed by atoms with Crippen LogP contribution in [0.3, 0.4) is 0 Å². The van der Waals surface area contributed by atoms with Gasteiger partial charge in [0.05, 0.1) is 10.5 Å². The third kappa shape index (κ3) is 4.55. The number of carbonyl (C=O) groups is 2. The molecular weight excluding hydrogens is 276 g/mol. The predicted octanol–water partition coefficient (Wildman–Crippen LogP) is 2.67. The molecule has 0 heterocycles. The maximum Gasteiger partial charge on any atom is 0.408 e. The number of carbonyl (C=O) groups excluding carboxylic acids is 2. The Bertz CT molecular complexity index is 563. The molecule has 7 heteroatoms. The van der Waals surface area contributed by atoms with Crippen molar-refractivity contribution in [2.45, 2.75) is 39.3 Å². The van der Waals surface area contributed by atoms with Crippen LogP contribution in [0.15, 0.2) is 18.2 Å². The topological polar surface area (TPSA) is 98.5 Å². The largest absolute Gasteiger partial charge is 0.444 e. The number of hydrogen-bond donors (Lipinski definition) is 1. The molecule has 1 unspecified atom stereocenters. The number of alkyl carbamates (subject to hydrolysis) is 1. The summed E-state index contributed by atoms with van der Waals surface area (Å²) >= 11 is 0. The molecule has 0 saturated carbocycles. The van der Waals surface area contributed by atoms with Crippen LogP contribution in [-0.4, -0.2) is 22.9 Å². The molecule has 1 rings (SSSR count). The first-order chi connectivity index (χ1) is 9.65. The molecule has 0 aliphatic heterocycles. The lowest BCUT2D eigenvalue weighted by Gasteiger charge is -2.22. The minimum atomic E-state index is -1.14. The van der Waals surface area contributed by atoms with Crippen molar-refractivity contribution in [3.8, 4) is 0 Å². The molecule has 0 bridgehead atoms. The van der Waals surface area contributed by atoms with Crippen LogP contribution in [-0.2, 0) is 9.53 Å². The first-order valence-corrected chi connectivity index (χ1v) is 6.34. The summed E-state index contributed by atoms with van der Waals surface area (Å²) in [5, 5.41) is 13.4. The third-order valence-electron chi connectivity index (χ3n) is 2.62. The quantitative estimate of drug-likeness (QED) is 0.523. The number of nitrogens with one attached hydrogen (secondary N) is 1. The Labute approximate surface area is 122 Å². The molecule has 1 amide bonds. The number of rotatable bonds is 4. The van der Waals surface area contributed by atoms with E-state index in [1.807, 2.05) is 0 Å². The third-order valence-corrected chi connectivity index (χ3v) is 2.62. The monoisotopic (exact) mass is 294 g/mol. The summed E-state index contributed by atoms with van der Waals surface area (Å²) in [6.45, 7) is 6.67. The second kappa shape index (κ2) is 6.34. The molecule has 0 radical (unpaired) electrons. The van der Waals surface area contributed by atoms with Crippen molar-refractivity contribution in [1.29, 1.82) is 0 Å². The zero-order chi connectivity index (χ0) is 16.2. The minimum absolute atomic E-state index is 0.156. The molecular formula is C14H18N2O5. The fourth-order valence-electron chi connectivity index (χ4n) is 1.84. The average molecular weight is 294 g/mol. The molecule has 1 aromatic carbocycles. The molecule has 0 aliphatic carbocycles. The fourth-order valence-corrected chi connectivity index (χ4v) is 1.84. The second-order valence-corrected chi connectivity index (χ2v) is 5.52. The number of nitro benzene ring substituents is 1. The van der Waals surface area contributed by atoms with E-state index >= 15 is 0 Å². The standard InChI is InChI=1S/C14H18N2O5/c1-9-6-5-7-11(16(19)20)12(9)10(8-17)15-13(18)21-14(2,3)4/h5-8,10H,1-4H3,(H,15,18). The molecule has 1 atom stereocenters. The number of ether oxygens (including phenoxy) is 1. The lowest BCUT2D eigenvalue weighted by Crippen LogP contribution is -2.36. The van der Waals surface area contributed by atoms with E-state index in [1.54, 1.807) is 33.8 Å². The van der Waals surface area contributed by atoms with Gasteiger partial charge in [0.15, 0.2) is 0 Å². The van der Waals surface area contributed by atoms with Crippen LogP contribution in [0.2, 0.25) is 0 Å². The van der Waals surface area contributed by atoms with Crippen LogP contribution in [0.1, 0.15) is 37.9 Å². The van der Waals surface area contributed by atoms with Gasteiger partial charge in [-0.05, 0) is 33.3 Å². The first-order valence-electron chi connectivity index (χ1n) is 6.34. The van der Waals surface area contributed by atoms with Gasteiger partial charge in [-0.2, -0.15) is 0 Å². The van der Waals surface area contributed by atoms with Crippen LogP contribution >= 0.6 is 0 Å². The van der Waals surface area contributed by atoms with E-state index < -0.39 is 22.7 Å². The molecule has 1 aromatic rings. The van der Waals surface area contributed by atoms with Crippen molar-refractivity contribution < 1.29 is 19.2 Å². The zero-order valence-electron chi connectivity index (χ0n) is 12.4. The van der Waals surface area contributed by atoms with Gasteiger partial charge in [0, 0.05) is 6.07 Å². The van der Waals surface area contributed by atoms with Crippen molar-refractivity contribution >= 4 is 18.1 Å². The lowest BCUT2D eigenvalue weighted by atomic mass is 10.00. The highest BCUT2D eigenvalue weighted by Gasteiger charge is 2.27. The number of amides is 1. The van der Waals surface area contributed by atoms with Crippen LogP contribution < -0.4 is 5.32 Å². The molecule has 0 spiro atoms. The number of aldehydes is 1. The lowest BCUT2D eigenvalue weighted by molar-refractivity contribution is -0.385. The molecule has 1 N–H and O–H groups in total. The highest BCUT2D eigenvalue weighted by Crippen LogP contribution is 2.27. The Balaban J connectivity index is 3.09. The van der Waals surface area contributed by atoms with Gasteiger partial charge in [-0.15, -0.1) is 0 Å². The van der Waals surface area contributed by atoms with Crippen LogP contribution in [0.5, 0.6) is 0 Å². The molecule has 21 heavy (non-hydrogen) atoms. The van der Waals surface area contributed by atoms with Crippen LogP contribution in [0.25, 0.3) is 0 Å². The van der Waals surface area contributed by atoms with E-state index in [0.717, 1.165) is 0 Å². The zero-order valence-corrected chi connectivity index (χ0v) is 12.4. The van der Waals surface area contributed by atoms with Gasteiger partial charge < -0.3 is 14.8 Å².